The fraction of sp³-hybridized carbons (Fsp3) is 0.308. The van der Waals surface area contributed by atoms with Crippen molar-refractivity contribution >= 4 is 32.9 Å². The fourth-order valence-electron chi connectivity index (χ4n) is 1.74. The van der Waals surface area contributed by atoms with Crippen LogP contribution in [0.5, 0.6) is 0 Å². The molecular formula is C13H14BrNO3. The number of benzene rings is 1. The summed E-state index contributed by atoms with van der Waals surface area (Å²) in [5.41, 5.74) is 0.833. The van der Waals surface area contributed by atoms with Crippen LogP contribution in [0, 0.1) is 0 Å². The van der Waals surface area contributed by atoms with Crippen LogP contribution in [0.3, 0.4) is 0 Å². The quantitative estimate of drug-likeness (QED) is 0.889. The molecule has 2 N–H and O–H groups in total. The molecule has 0 saturated carbocycles. The van der Waals surface area contributed by atoms with E-state index >= 15 is 0 Å². The molecule has 5 heteroatoms. The maximum Gasteiger partial charge on any atom is 0.304 e. The molecule has 2 rings (SSSR count). The van der Waals surface area contributed by atoms with Crippen LogP contribution in [-0.4, -0.2) is 17.6 Å². The van der Waals surface area contributed by atoms with Gasteiger partial charge in [0.2, 0.25) is 0 Å². The summed E-state index contributed by atoms with van der Waals surface area (Å²) < 4.78 is 6.72. The van der Waals surface area contributed by atoms with E-state index in [4.69, 9.17) is 9.52 Å². The summed E-state index contributed by atoms with van der Waals surface area (Å²) in [7, 11) is 0. The Morgan fingerprint density at radius 3 is 3.00 bits per heavy atom. The average Bonchev–Trinajstić information content (AvgIpc) is 2.71. The van der Waals surface area contributed by atoms with Gasteiger partial charge in [0.25, 0.3) is 0 Å². The molecule has 0 amide bonds. The number of carboxylic acids is 1. The van der Waals surface area contributed by atoms with Crippen LogP contribution in [0.15, 0.2) is 33.2 Å². The summed E-state index contributed by atoms with van der Waals surface area (Å²) in [4.78, 5) is 10.4. The van der Waals surface area contributed by atoms with E-state index in [1.54, 1.807) is 0 Å². The average molecular weight is 312 g/mol. The molecule has 0 radical (unpaired) electrons. The van der Waals surface area contributed by atoms with E-state index in [0.29, 0.717) is 6.54 Å². The molecule has 18 heavy (non-hydrogen) atoms. The Morgan fingerprint density at radius 2 is 2.28 bits per heavy atom. The molecule has 1 unspecified atom stereocenters. The maximum absolute atomic E-state index is 10.4. The lowest BCUT2D eigenvalue weighted by molar-refractivity contribution is -0.136. The highest BCUT2D eigenvalue weighted by Crippen LogP contribution is 2.26. The third-order valence-corrected chi connectivity index (χ3v) is 3.21. The minimum absolute atomic E-state index is 0.00414. The molecule has 1 atom stereocenters. The van der Waals surface area contributed by atoms with Gasteiger partial charge in [-0.15, -0.1) is 0 Å². The molecule has 0 bridgehead atoms. The predicted octanol–water partition coefficient (Wildman–Crippen LogP) is 3.32. The molecule has 0 fully saturated rings. The number of hydrogen-bond donors (Lipinski definition) is 2. The molecule has 1 aromatic heterocycles. The first-order chi connectivity index (χ1) is 8.56. The van der Waals surface area contributed by atoms with Gasteiger partial charge in [0.05, 0.1) is 12.5 Å². The van der Waals surface area contributed by atoms with Gasteiger partial charge in [-0.1, -0.05) is 15.9 Å². The number of carboxylic acid groups (broad SMARTS) is 1. The number of hydrogen-bond acceptors (Lipinski definition) is 3. The molecule has 2 aromatic rings. The number of nitrogens with one attached hydrogen (secondary N) is 1. The van der Waals surface area contributed by atoms with Gasteiger partial charge in [0, 0.05) is 16.4 Å². The molecular weight excluding hydrogens is 298 g/mol. The Hall–Kier alpha value is -1.33. The van der Waals surface area contributed by atoms with Crippen LogP contribution in [0.2, 0.25) is 0 Å². The zero-order chi connectivity index (χ0) is 13.1. The number of rotatable bonds is 5. The van der Waals surface area contributed by atoms with Crippen molar-refractivity contribution in [3.63, 3.8) is 0 Å². The minimum Gasteiger partial charge on any atom is -0.481 e. The van der Waals surface area contributed by atoms with Gasteiger partial charge in [0.15, 0.2) is 0 Å². The normalized spacial score (nSPS) is 12.8. The van der Waals surface area contributed by atoms with Crippen molar-refractivity contribution in [2.75, 3.05) is 6.54 Å². The second-order valence-corrected chi connectivity index (χ2v) is 5.07. The molecule has 1 aromatic carbocycles. The van der Waals surface area contributed by atoms with Crippen LogP contribution in [0.1, 0.15) is 25.1 Å². The summed E-state index contributed by atoms with van der Waals surface area (Å²) in [5, 5.41) is 12.7. The SMILES string of the molecule is CC(NCCC(=O)O)c1cc2cc(Br)ccc2o1. The third kappa shape index (κ3) is 3.11. The van der Waals surface area contributed by atoms with E-state index < -0.39 is 5.97 Å². The Morgan fingerprint density at radius 1 is 1.50 bits per heavy atom. The molecule has 0 saturated heterocycles. The third-order valence-electron chi connectivity index (χ3n) is 2.71. The number of furan rings is 1. The van der Waals surface area contributed by atoms with Crippen molar-refractivity contribution in [1.82, 2.24) is 5.32 Å². The molecule has 0 aliphatic rings. The highest BCUT2D eigenvalue weighted by Gasteiger charge is 2.11. The monoisotopic (exact) mass is 311 g/mol. The van der Waals surface area contributed by atoms with Crippen LogP contribution >= 0.6 is 15.9 Å². The van der Waals surface area contributed by atoms with E-state index in [1.165, 1.54) is 0 Å². The van der Waals surface area contributed by atoms with Crippen LogP contribution in [-0.2, 0) is 4.79 Å². The van der Waals surface area contributed by atoms with Gasteiger partial charge in [-0.05, 0) is 31.2 Å². The Bertz CT molecular complexity index is 564. The summed E-state index contributed by atoms with van der Waals surface area (Å²) in [6, 6.07) is 7.80. The molecule has 0 aliphatic heterocycles. The van der Waals surface area contributed by atoms with Gasteiger partial charge in [0.1, 0.15) is 11.3 Å². The van der Waals surface area contributed by atoms with Crippen LogP contribution in [0.25, 0.3) is 11.0 Å². The van der Waals surface area contributed by atoms with Gasteiger partial charge < -0.3 is 14.8 Å². The van der Waals surface area contributed by atoms with E-state index in [0.717, 1.165) is 21.2 Å². The first-order valence-corrected chi connectivity index (χ1v) is 6.50. The van der Waals surface area contributed by atoms with Crippen molar-refractivity contribution in [2.24, 2.45) is 0 Å². The molecule has 96 valence electrons. The highest BCUT2D eigenvalue weighted by atomic mass is 79.9. The van der Waals surface area contributed by atoms with Gasteiger partial charge >= 0.3 is 5.97 Å². The number of fused-ring (bicyclic) bond motifs is 1. The lowest BCUT2D eigenvalue weighted by Crippen LogP contribution is -2.21. The second-order valence-electron chi connectivity index (χ2n) is 4.15. The fourth-order valence-corrected chi connectivity index (χ4v) is 2.12. The number of aliphatic carboxylic acids is 1. The van der Waals surface area contributed by atoms with Crippen LogP contribution < -0.4 is 5.32 Å². The summed E-state index contributed by atoms with van der Waals surface area (Å²) in [6.45, 7) is 2.38. The zero-order valence-electron chi connectivity index (χ0n) is 9.94. The standard InChI is InChI=1S/C13H14BrNO3/c1-8(15-5-4-13(16)17)12-7-9-6-10(14)2-3-11(9)18-12/h2-3,6-8,15H,4-5H2,1H3,(H,16,17). The number of halogens is 1. The topological polar surface area (TPSA) is 62.5 Å². The summed E-state index contributed by atoms with van der Waals surface area (Å²) in [6.07, 6.45) is 0.107. The molecule has 0 spiro atoms. The van der Waals surface area contributed by atoms with E-state index in [9.17, 15) is 4.79 Å². The van der Waals surface area contributed by atoms with Crippen LogP contribution in [0.4, 0.5) is 0 Å². The van der Waals surface area contributed by atoms with Crippen molar-refractivity contribution in [3.8, 4) is 0 Å². The minimum atomic E-state index is -0.803. The molecule has 4 nitrogen and oxygen atoms in total. The highest BCUT2D eigenvalue weighted by molar-refractivity contribution is 9.10. The first-order valence-electron chi connectivity index (χ1n) is 5.70. The van der Waals surface area contributed by atoms with E-state index in [1.807, 2.05) is 31.2 Å². The van der Waals surface area contributed by atoms with Gasteiger partial charge in [-0.25, -0.2) is 0 Å². The predicted molar refractivity (Wildman–Crippen MR) is 72.6 cm³/mol. The summed E-state index contributed by atoms with van der Waals surface area (Å²) >= 11 is 3.41. The van der Waals surface area contributed by atoms with Gasteiger partial charge in [-0.3, -0.25) is 4.79 Å². The van der Waals surface area contributed by atoms with E-state index in [-0.39, 0.29) is 12.5 Å². The zero-order valence-corrected chi connectivity index (χ0v) is 11.5. The van der Waals surface area contributed by atoms with Gasteiger partial charge in [-0.2, -0.15) is 0 Å². The summed E-state index contributed by atoms with van der Waals surface area (Å²) in [5.74, 6) is 0.0109. The lowest BCUT2D eigenvalue weighted by atomic mass is 10.2. The molecule has 0 aliphatic carbocycles. The van der Waals surface area contributed by atoms with Crippen molar-refractivity contribution in [2.45, 2.75) is 19.4 Å². The largest absolute Gasteiger partial charge is 0.481 e. The second kappa shape index (κ2) is 5.54. The molecule has 1 heterocycles. The smallest absolute Gasteiger partial charge is 0.304 e. The lowest BCUT2D eigenvalue weighted by Gasteiger charge is -2.09. The maximum atomic E-state index is 10.4. The van der Waals surface area contributed by atoms with E-state index in [2.05, 4.69) is 21.2 Å². The first kappa shape index (κ1) is 13.1. The van der Waals surface area contributed by atoms with Crippen molar-refractivity contribution < 1.29 is 14.3 Å². The van der Waals surface area contributed by atoms with Crippen molar-refractivity contribution in [3.05, 3.63) is 34.5 Å². The number of carbonyl (C=O) groups is 1. The van der Waals surface area contributed by atoms with Crippen molar-refractivity contribution in [1.29, 1.82) is 0 Å². The Kier molecular flexibility index (Phi) is 4.04. The Balaban J connectivity index is 2.08. The Labute approximate surface area is 113 Å².